The van der Waals surface area contributed by atoms with Crippen molar-refractivity contribution in [2.24, 2.45) is 9.98 Å². The van der Waals surface area contributed by atoms with Crippen LogP contribution in [-0.2, 0) is 0 Å². The number of hydrogen-bond donors (Lipinski definition) is 1. The fourth-order valence-electron chi connectivity index (χ4n) is 6.71. The molecule has 9 rings (SSSR count). The SMILES string of the molecule is c1ccc(C2=NC(c3ccccc3)NC(c3ccc(-c4cccc5oc6cc(-c7ccccc7)ccc6c45)c4ccccc34)=N2)cc1. The Bertz CT molecular complexity index is 2480. The molecule has 0 amide bonds. The van der Waals surface area contributed by atoms with Crippen molar-refractivity contribution in [3.8, 4) is 22.3 Å². The zero-order valence-electron chi connectivity index (χ0n) is 25.5. The van der Waals surface area contributed by atoms with E-state index in [2.05, 4.69) is 127 Å². The number of nitrogens with one attached hydrogen (secondary N) is 1. The lowest BCUT2D eigenvalue weighted by Crippen LogP contribution is -2.33. The van der Waals surface area contributed by atoms with E-state index in [0.29, 0.717) is 5.84 Å². The Labute approximate surface area is 272 Å². The molecule has 0 aliphatic carbocycles. The summed E-state index contributed by atoms with van der Waals surface area (Å²) in [6.07, 6.45) is -0.260. The van der Waals surface area contributed by atoms with Crippen LogP contribution < -0.4 is 5.32 Å². The molecule has 8 aromatic rings. The van der Waals surface area contributed by atoms with Crippen molar-refractivity contribution in [2.75, 3.05) is 0 Å². The van der Waals surface area contributed by atoms with Crippen molar-refractivity contribution in [3.05, 3.63) is 180 Å². The second-order valence-electron chi connectivity index (χ2n) is 11.8. The van der Waals surface area contributed by atoms with Gasteiger partial charge in [0.25, 0.3) is 0 Å². The highest BCUT2D eigenvalue weighted by Gasteiger charge is 2.23. The minimum Gasteiger partial charge on any atom is -0.456 e. The predicted octanol–water partition coefficient (Wildman–Crippen LogP) is 10.6. The first-order chi connectivity index (χ1) is 23.3. The fraction of sp³-hybridized carbons (Fsp3) is 0.0233. The van der Waals surface area contributed by atoms with Gasteiger partial charge in [0.05, 0.1) is 0 Å². The molecule has 47 heavy (non-hydrogen) atoms. The maximum atomic E-state index is 6.47. The van der Waals surface area contributed by atoms with Gasteiger partial charge in [-0.05, 0) is 56.8 Å². The minimum absolute atomic E-state index is 0.260. The molecule has 0 saturated carbocycles. The lowest BCUT2D eigenvalue weighted by molar-refractivity contribution is 0.669. The Balaban J connectivity index is 1.20. The third-order valence-electron chi connectivity index (χ3n) is 8.96. The van der Waals surface area contributed by atoms with Crippen molar-refractivity contribution in [1.29, 1.82) is 0 Å². The molecule has 1 aliphatic heterocycles. The highest BCUT2D eigenvalue weighted by atomic mass is 16.3. The summed E-state index contributed by atoms with van der Waals surface area (Å²) in [5, 5.41) is 8.15. The standard InChI is InChI=1S/C43H29N3O/c1-4-13-28(14-5-1)31-23-24-37-39(27-31)47-38-22-12-21-35(40(37)38)34-25-26-36(33-20-11-10-19-32(33)34)43-45-41(29-15-6-2-7-16-29)44-42(46-43)30-17-8-3-9-18-30/h1-27,41H,(H,44,45,46). The molecule has 0 bridgehead atoms. The Kier molecular flexibility index (Phi) is 6.50. The van der Waals surface area contributed by atoms with Crippen LogP contribution in [0.1, 0.15) is 22.9 Å². The summed E-state index contributed by atoms with van der Waals surface area (Å²) in [4.78, 5) is 10.1. The van der Waals surface area contributed by atoms with E-state index >= 15 is 0 Å². The third kappa shape index (κ3) is 4.79. The van der Waals surface area contributed by atoms with Gasteiger partial charge >= 0.3 is 0 Å². The van der Waals surface area contributed by atoms with Crippen LogP contribution in [0.3, 0.4) is 0 Å². The number of fused-ring (bicyclic) bond motifs is 4. The van der Waals surface area contributed by atoms with E-state index in [1.807, 2.05) is 42.5 Å². The molecule has 1 unspecified atom stereocenters. The van der Waals surface area contributed by atoms with Gasteiger partial charge in [0.15, 0.2) is 5.84 Å². The Morgan fingerprint density at radius 1 is 0.468 bits per heavy atom. The summed E-state index contributed by atoms with van der Waals surface area (Å²) in [5.74, 6) is 1.52. The van der Waals surface area contributed by atoms with Crippen LogP contribution in [0.4, 0.5) is 0 Å². The number of aliphatic imine (C=N–C) groups is 2. The number of benzene rings is 7. The Morgan fingerprint density at radius 2 is 1.13 bits per heavy atom. The number of nitrogens with zero attached hydrogens (tertiary/aromatic N) is 2. The van der Waals surface area contributed by atoms with Gasteiger partial charge in [0.2, 0.25) is 0 Å². The third-order valence-corrected chi connectivity index (χ3v) is 8.96. The maximum Gasteiger partial charge on any atom is 0.159 e. The molecule has 1 aliphatic rings. The van der Waals surface area contributed by atoms with Gasteiger partial charge in [-0.25, -0.2) is 9.98 Å². The summed E-state index contributed by atoms with van der Waals surface area (Å²) >= 11 is 0. The second kappa shape index (κ2) is 11.3. The minimum atomic E-state index is -0.260. The predicted molar refractivity (Wildman–Crippen MR) is 194 cm³/mol. The molecular formula is C43H29N3O. The molecule has 1 atom stereocenters. The highest BCUT2D eigenvalue weighted by Crippen LogP contribution is 2.41. The summed E-state index contributed by atoms with van der Waals surface area (Å²) in [5.41, 5.74) is 9.48. The molecule has 0 saturated heterocycles. The van der Waals surface area contributed by atoms with Crippen molar-refractivity contribution < 1.29 is 4.42 Å². The number of amidine groups is 2. The molecule has 0 radical (unpaired) electrons. The molecule has 2 heterocycles. The van der Waals surface area contributed by atoms with Crippen LogP contribution in [0.15, 0.2) is 178 Å². The quantitative estimate of drug-likeness (QED) is 0.213. The van der Waals surface area contributed by atoms with Crippen molar-refractivity contribution >= 4 is 44.4 Å². The molecule has 0 fully saturated rings. The zero-order valence-corrected chi connectivity index (χ0v) is 25.5. The normalized spacial score (nSPS) is 14.6. The lowest BCUT2D eigenvalue weighted by Gasteiger charge is -2.24. The Hall–Kier alpha value is -6.26. The average molecular weight is 604 g/mol. The van der Waals surface area contributed by atoms with Crippen molar-refractivity contribution in [3.63, 3.8) is 0 Å². The monoisotopic (exact) mass is 603 g/mol. The van der Waals surface area contributed by atoms with Crippen molar-refractivity contribution in [1.82, 2.24) is 5.32 Å². The topological polar surface area (TPSA) is 49.9 Å². The van der Waals surface area contributed by atoms with Crippen LogP contribution in [-0.4, -0.2) is 11.7 Å². The van der Waals surface area contributed by atoms with Crippen molar-refractivity contribution in [2.45, 2.75) is 6.17 Å². The second-order valence-corrected chi connectivity index (χ2v) is 11.8. The van der Waals surface area contributed by atoms with Gasteiger partial charge in [-0.3, -0.25) is 0 Å². The van der Waals surface area contributed by atoms with E-state index in [9.17, 15) is 0 Å². The van der Waals surface area contributed by atoms with E-state index in [1.165, 1.54) is 5.56 Å². The van der Waals surface area contributed by atoms with Crippen LogP contribution in [0.5, 0.6) is 0 Å². The molecule has 4 heteroatoms. The fourth-order valence-corrected chi connectivity index (χ4v) is 6.71. The first kappa shape index (κ1) is 27.1. The number of rotatable bonds is 5. The summed E-state index contributed by atoms with van der Waals surface area (Å²) in [6, 6.07) is 56.8. The van der Waals surface area contributed by atoms with E-state index in [1.54, 1.807) is 0 Å². The van der Waals surface area contributed by atoms with E-state index in [0.717, 1.165) is 71.9 Å². The van der Waals surface area contributed by atoms with Gasteiger partial charge in [-0.1, -0.05) is 146 Å². The van der Waals surface area contributed by atoms with Crippen LogP contribution >= 0.6 is 0 Å². The molecule has 0 spiro atoms. The summed E-state index contributed by atoms with van der Waals surface area (Å²) in [6.45, 7) is 0. The first-order valence-corrected chi connectivity index (χ1v) is 15.9. The number of hydrogen-bond acceptors (Lipinski definition) is 4. The first-order valence-electron chi connectivity index (χ1n) is 15.9. The van der Waals surface area contributed by atoms with E-state index in [-0.39, 0.29) is 6.17 Å². The van der Waals surface area contributed by atoms with Gasteiger partial charge in [-0.2, -0.15) is 0 Å². The summed E-state index contributed by atoms with van der Waals surface area (Å²) < 4.78 is 6.47. The van der Waals surface area contributed by atoms with Gasteiger partial charge < -0.3 is 9.73 Å². The number of furan rings is 1. The lowest BCUT2D eigenvalue weighted by atomic mass is 9.91. The molecule has 222 valence electrons. The van der Waals surface area contributed by atoms with Gasteiger partial charge in [0.1, 0.15) is 23.2 Å². The van der Waals surface area contributed by atoms with Crippen LogP contribution in [0.2, 0.25) is 0 Å². The molecule has 1 N–H and O–H groups in total. The molecule has 4 nitrogen and oxygen atoms in total. The molecule has 1 aromatic heterocycles. The zero-order chi connectivity index (χ0) is 31.2. The summed E-state index contributed by atoms with van der Waals surface area (Å²) in [7, 11) is 0. The average Bonchev–Trinajstić information content (AvgIpc) is 3.54. The maximum absolute atomic E-state index is 6.47. The Morgan fingerprint density at radius 3 is 1.89 bits per heavy atom. The molecule has 7 aromatic carbocycles. The van der Waals surface area contributed by atoms with E-state index < -0.39 is 0 Å². The van der Waals surface area contributed by atoms with E-state index in [4.69, 9.17) is 14.4 Å². The highest BCUT2D eigenvalue weighted by molar-refractivity contribution is 6.21. The van der Waals surface area contributed by atoms with Gasteiger partial charge in [-0.15, -0.1) is 0 Å². The smallest absolute Gasteiger partial charge is 0.159 e. The van der Waals surface area contributed by atoms with Gasteiger partial charge in [0, 0.05) is 21.9 Å². The van der Waals surface area contributed by atoms with Crippen LogP contribution in [0.25, 0.3) is 55.0 Å². The van der Waals surface area contributed by atoms with Crippen LogP contribution in [0, 0.1) is 0 Å². The molecular weight excluding hydrogens is 574 g/mol. The largest absolute Gasteiger partial charge is 0.456 e.